The first-order valence-corrected chi connectivity index (χ1v) is 8.21. The average molecular weight is 297 g/mol. The van der Waals surface area contributed by atoms with E-state index in [1.165, 1.54) is 17.0 Å². The van der Waals surface area contributed by atoms with E-state index < -0.39 is 0 Å². The van der Waals surface area contributed by atoms with E-state index in [9.17, 15) is 4.39 Å². The summed E-state index contributed by atoms with van der Waals surface area (Å²) in [6.45, 7) is 0. The van der Waals surface area contributed by atoms with Crippen molar-refractivity contribution in [2.45, 2.75) is 21.1 Å². The fourth-order valence-electron chi connectivity index (χ4n) is 2.77. The first-order chi connectivity index (χ1) is 10.3. The van der Waals surface area contributed by atoms with Crippen LogP contribution < -0.4 is 4.74 Å². The van der Waals surface area contributed by atoms with Gasteiger partial charge in [-0.15, -0.1) is 0 Å². The van der Waals surface area contributed by atoms with Gasteiger partial charge in [-0.25, -0.2) is 4.39 Å². The fourth-order valence-corrected chi connectivity index (χ4v) is 5.28. The van der Waals surface area contributed by atoms with E-state index in [1.54, 1.807) is 0 Å². The van der Waals surface area contributed by atoms with Crippen LogP contribution in [0.5, 0.6) is 5.75 Å². The van der Waals surface area contributed by atoms with Crippen LogP contribution in [0, 0.1) is 5.82 Å². The molecular weight excluding hydrogens is 283 g/mol. The van der Waals surface area contributed by atoms with Crippen LogP contribution in [0.4, 0.5) is 4.39 Å². The molecule has 0 aromatic heterocycles. The topological polar surface area (TPSA) is 9.23 Å². The van der Waals surface area contributed by atoms with Gasteiger partial charge in [-0.2, -0.15) is 0 Å². The Kier molecular flexibility index (Phi) is 3.08. The van der Waals surface area contributed by atoms with Gasteiger partial charge in [0.2, 0.25) is 4.90 Å². The fraction of sp³-hybridized carbons (Fsp3) is 0.111. The highest BCUT2D eigenvalue weighted by Crippen LogP contribution is 2.41. The van der Waals surface area contributed by atoms with Crippen molar-refractivity contribution in [3.05, 3.63) is 78.7 Å². The van der Waals surface area contributed by atoms with Gasteiger partial charge in [-0.1, -0.05) is 24.3 Å². The molecule has 1 aliphatic heterocycles. The predicted molar refractivity (Wildman–Crippen MR) is 83.2 cm³/mol. The van der Waals surface area contributed by atoms with Crippen molar-refractivity contribution < 1.29 is 9.13 Å². The van der Waals surface area contributed by atoms with Gasteiger partial charge in [0.05, 0.1) is 10.9 Å². The lowest BCUT2D eigenvalue weighted by Gasteiger charge is -2.30. The van der Waals surface area contributed by atoms with Crippen LogP contribution in [0.1, 0.15) is 0 Å². The summed E-state index contributed by atoms with van der Waals surface area (Å²) in [4.78, 5) is 2.35. The Morgan fingerprint density at radius 1 is 0.905 bits per heavy atom. The molecule has 1 aliphatic carbocycles. The number of hydrogen-bond acceptors (Lipinski definition) is 1. The number of para-hydroxylation sites is 1. The number of halogens is 1. The van der Waals surface area contributed by atoms with Crippen molar-refractivity contribution in [3.8, 4) is 5.75 Å². The molecule has 3 atom stereocenters. The molecule has 0 radical (unpaired) electrons. The minimum atomic E-state index is -0.195. The van der Waals surface area contributed by atoms with Crippen LogP contribution in [-0.2, 0) is 10.9 Å². The van der Waals surface area contributed by atoms with E-state index in [4.69, 9.17) is 4.74 Å². The van der Waals surface area contributed by atoms with Gasteiger partial charge in [-0.05, 0) is 48.6 Å². The number of rotatable bonds is 1. The van der Waals surface area contributed by atoms with Crippen LogP contribution >= 0.6 is 0 Å². The van der Waals surface area contributed by atoms with Crippen LogP contribution in [0.25, 0.3) is 0 Å². The lowest BCUT2D eigenvalue weighted by atomic mass is 10.1. The van der Waals surface area contributed by atoms with Crippen LogP contribution in [0.3, 0.4) is 0 Å². The SMILES string of the molecule is Fc1ccc([S+]2c3ccccc3OC3C=CC=CC32)cc1. The number of fused-ring (bicyclic) bond motifs is 2. The van der Waals surface area contributed by atoms with E-state index in [0.29, 0.717) is 0 Å². The summed E-state index contributed by atoms with van der Waals surface area (Å²) < 4.78 is 19.3. The first kappa shape index (κ1) is 12.7. The number of ether oxygens (including phenoxy) is 1. The summed E-state index contributed by atoms with van der Waals surface area (Å²) in [6.07, 6.45) is 8.46. The molecule has 21 heavy (non-hydrogen) atoms. The summed E-state index contributed by atoms with van der Waals surface area (Å²) in [6, 6.07) is 15.0. The number of allylic oxidation sites excluding steroid dienone is 2. The molecule has 4 rings (SSSR count). The molecule has 0 N–H and O–H groups in total. The zero-order valence-electron chi connectivity index (χ0n) is 11.3. The maximum Gasteiger partial charge on any atom is 0.203 e. The van der Waals surface area contributed by atoms with E-state index >= 15 is 0 Å². The molecular formula is C18H14FOS+. The van der Waals surface area contributed by atoms with E-state index in [0.717, 1.165) is 10.6 Å². The van der Waals surface area contributed by atoms with Crippen molar-refractivity contribution in [3.63, 3.8) is 0 Å². The second-order valence-electron chi connectivity index (χ2n) is 5.06. The summed E-state index contributed by atoms with van der Waals surface area (Å²) in [7, 11) is -0.137. The molecule has 1 nitrogen and oxygen atoms in total. The van der Waals surface area contributed by atoms with Crippen LogP contribution in [0.2, 0.25) is 0 Å². The Bertz CT molecular complexity index is 720. The van der Waals surface area contributed by atoms with Gasteiger partial charge in [0.15, 0.2) is 22.0 Å². The van der Waals surface area contributed by atoms with Gasteiger partial charge >= 0.3 is 0 Å². The Balaban J connectivity index is 1.87. The second kappa shape index (κ2) is 5.08. The normalized spacial score (nSPS) is 25.9. The van der Waals surface area contributed by atoms with Gasteiger partial charge in [0.1, 0.15) is 5.82 Å². The maximum atomic E-state index is 13.2. The van der Waals surface area contributed by atoms with Crippen molar-refractivity contribution in [1.29, 1.82) is 0 Å². The van der Waals surface area contributed by atoms with Crippen molar-refractivity contribution in [2.75, 3.05) is 0 Å². The molecule has 3 heteroatoms. The summed E-state index contributed by atoms with van der Waals surface area (Å²) in [5.74, 6) is 0.742. The molecule has 3 unspecified atom stereocenters. The van der Waals surface area contributed by atoms with Crippen LogP contribution in [0.15, 0.2) is 82.6 Å². The maximum absolute atomic E-state index is 13.2. The molecule has 2 aliphatic rings. The van der Waals surface area contributed by atoms with E-state index in [-0.39, 0.29) is 28.1 Å². The van der Waals surface area contributed by atoms with Gasteiger partial charge in [-0.3, -0.25) is 0 Å². The molecule has 0 saturated carbocycles. The molecule has 0 amide bonds. The smallest absolute Gasteiger partial charge is 0.203 e. The molecule has 2 aromatic carbocycles. The molecule has 0 bridgehead atoms. The molecule has 2 aromatic rings. The van der Waals surface area contributed by atoms with Gasteiger partial charge in [0, 0.05) is 0 Å². The van der Waals surface area contributed by atoms with Gasteiger partial charge < -0.3 is 4.74 Å². The highest BCUT2D eigenvalue weighted by Gasteiger charge is 2.46. The highest BCUT2D eigenvalue weighted by atomic mass is 32.2. The zero-order valence-corrected chi connectivity index (χ0v) is 12.1. The lowest BCUT2D eigenvalue weighted by molar-refractivity contribution is 0.242. The third kappa shape index (κ3) is 2.18. The monoisotopic (exact) mass is 297 g/mol. The molecule has 0 saturated heterocycles. The lowest BCUT2D eigenvalue weighted by Crippen LogP contribution is -2.40. The molecule has 1 heterocycles. The largest absolute Gasteiger partial charge is 0.475 e. The van der Waals surface area contributed by atoms with Crippen molar-refractivity contribution in [1.82, 2.24) is 0 Å². The van der Waals surface area contributed by atoms with Crippen molar-refractivity contribution >= 4 is 10.9 Å². The highest BCUT2D eigenvalue weighted by molar-refractivity contribution is 7.98. The van der Waals surface area contributed by atoms with Gasteiger partial charge in [0.25, 0.3) is 0 Å². The van der Waals surface area contributed by atoms with Crippen LogP contribution in [-0.4, -0.2) is 11.4 Å². The number of benzene rings is 2. The Morgan fingerprint density at radius 2 is 1.67 bits per heavy atom. The molecule has 104 valence electrons. The summed E-state index contributed by atoms with van der Waals surface area (Å²) in [5, 5.41) is 0.273. The number of hydrogen-bond donors (Lipinski definition) is 0. The Labute approximate surface area is 126 Å². The first-order valence-electron chi connectivity index (χ1n) is 6.92. The quantitative estimate of drug-likeness (QED) is 0.720. The van der Waals surface area contributed by atoms with Crippen molar-refractivity contribution in [2.24, 2.45) is 0 Å². The minimum Gasteiger partial charge on any atom is -0.475 e. The third-order valence-corrected chi connectivity index (χ3v) is 6.29. The summed E-state index contributed by atoms with van der Waals surface area (Å²) >= 11 is 0. The standard InChI is InChI=1S/C18H14FOS/c19-13-9-11-14(12-10-13)21-17-7-3-1-5-15(17)20-16-6-2-4-8-18(16)21/h1-12,15,17H/q+1. The summed E-state index contributed by atoms with van der Waals surface area (Å²) in [5.41, 5.74) is 0. The molecule has 0 fully saturated rings. The Morgan fingerprint density at radius 3 is 2.52 bits per heavy atom. The van der Waals surface area contributed by atoms with E-state index in [2.05, 4.69) is 24.3 Å². The third-order valence-electron chi connectivity index (χ3n) is 3.73. The minimum absolute atomic E-state index is 0.0540. The van der Waals surface area contributed by atoms with E-state index in [1.807, 2.05) is 36.4 Å². The average Bonchev–Trinajstić information content (AvgIpc) is 2.53. The second-order valence-corrected chi connectivity index (χ2v) is 7.19. The Hall–Kier alpha value is -2.00. The zero-order chi connectivity index (χ0) is 14.2. The predicted octanol–water partition coefficient (Wildman–Crippen LogP) is 4.12. The molecule has 0 spiro atoms.